The van der Waals surface area contributed by atoms with Gasteiger partial charge in [-0.25, -0.2) is 9.50 Å². The molecule has 0 unspecified atom stereocenters. The van der Waals surface area contributed by atoms with Crippen LogP contribution in [0.2, 0.25) is 0 Å². The highest BCUT2D eigenvalue weighted by atomic mass is 19.4. The zero-order chi connectivity index (χ0) is 27.2. The van der Waals surface area contributed by atoms with Crippen molar-refractivity contribution in [3.05, 3.63) is 54.5 Å². The molecule has 12 heteroatoms. The summed E-state index contributed by atoms with van der Waals surface area (Å²) in [6.45, 7) is 0. The molecule has 0 radical (unpaired) electrons. The number of amides is 1. The molecule has 7 rings (SSSR count). The van der Waals surface area contributed by atoms with Crippen LogP contribution < -0.4 is 11.1 Å². The maximum atomic E-state index is 13.7. The fourth-order valence-corrected chi connectivity index (χ4v) is 5.78. The first-order valence-electron chi connectivity index (χ1n) is 13.0. The first-order valence-corrected chi connectivity index (χ1v) is 13.0. The molecule has 202 valence electrons. The van der Waals surface area contributed by atoms with Crippen molar-refractivity contribution in [1.29, 1.82) is 0 Å². The second-order valence-electron chi connectivity index (χ2n) is 11.0. The van der Waals surface area contributed by atoms with Crippen LogP contribution in [0.3, 0.4) is 0 Å². The number of rotatable bonds is 6. The molecule has 1 aromatic carbocycles. The first-order chi connectivity index (χ1) is 18.6. The number of halogens is 3. The highest BCUT2D eigenvalue weighted by molar-refractivity contribution is 5.93. The number of aliphatic hydroxyl groups is 1. The number of nitrogen functional groups attached to an aromatic ring is 1. The van der Waals surface area contributed by atoms with Crippen molar-refractivity contribution < 1.29 is 23.1 Å². The number of nitrogens with zero attached hydrogens (tertiary/aromatic N) is 5. The predicted octanol–water partition coefficient (Wildman–Crippen LogP) is 3.78. The van der Waals surface area contributed by atoms with E-state index in [0.29, 0.717) is 28.4 Å². The van der Waals surface area contributed by atoms with Crippen molar-refractivity contribution in [2.45, 2.75) is 67.8 Å². The van der Waals surface area contributed by atoms with Gasteiger partial charge in [0, 0.05) is 36.2 Å². The van der Waals surface area contributed by atoms with Crippen LogP contribution in [0.1, 0.15) is 50.1 Å². The topological polar surface area (TPSA) is 123 Å². The third-order valence-corrected chi connectivity index (χ3v) is 8.20. The minimum atomic E-state index is -4.83. The second kappa shape index (κ2) is 8.04. The van der Waals surface area contributed by atoms with Crippen LogP contribution in [0.15, 0.2) is 48.9 Å². The molecule has 39 heavy (non-hydrogen) atoms. The van der Waals surface area contributed by atoms with Crippen LogP contribution in [0.4, 0.5) is 19.0 Å². The van der Waals surface area contributed by atoms with E-state index < -0.39 is 35.9 Å². The van der Waals surface area contributed by atoms with Gasteiger partial charge >= 0.3 is 6.18 Å². The number of nitrogens with two attached hydrogens (primary N) is 1. The van der Waals surface area contributed by atoms with E-state index in [9.17, 15) is 23.1 Å². The predicted molar refractivity (Wildman–Crippen MR) is 135 cm³/mol. The van der Waals surface area contributed by atoms with Gasteiger partial charge in [0.15, 0.2) is 11.4 Å². The van der Waals surface area contributed by atoms with Crippen molar-refractivity contribution in [2.24, 2.45) is 0 Å². The molecule has 1 amide bonds. The summed E-state index contributed by atoms with van der Waals surface area (Å²) in [7, 11) is 0. The summed E-state index contributed by atoms with van der Waals surface area (Å²) in [5.74, 6) is -0.211. The molecule has 3 fully saturated rings. The molecule has 4 aromatic rings. The van der Waals surface area contributed by atoms with E-state index in [1.165, 1.54) is 6.33 Å². The zero-order valence-corrected chi connectivity index (χ0v) is 20.8. The summed E-state index contributed by atoms with van der Waals surface area (Å²) in [5.41, 5.74) is 5.83. The summed E-state index contributed by atoms with van der Waals surface area (Å²) < 4.78 is 44.6. The van der Waals surface area contributed by atoms with Gasteiger partial charge in [-0.05, 0) is 49.4 Å². The van der Waals surface area contributed by atoms with Gasteiger partial charge in [-0.2, -0.15) is 23.4 Å². The van der Waals surface area contributed by atoms with Crippen LogP contribution in [0.25, 0.3) is 28.0 Å². The van der Waals surface area contributed by atoms with E-state index in [4.69, 9.17) is 5.73 Å². The molecule has 3 heterocycles. The summed E-state index contributed by atoms with van der Waals surface area (Å²) in [5, 5.41) is 22.1. The van der Waals surface area contributed by atoms with Gasteiger partial charge in [-0.1, -0.05) is 18.2 Å². The number of hydrogen-bond acceptors (Lipinski definition) is 6. The molecular weight excluding hydrogens is 511 g/mol. The third kappa shape index (κ3) is 3.72. The van der Waals surface area contributed by atoms with Gasteiger partial charge in [0.25, 0.3) is 0 Å². The smallest absolute Gasteiger partial charge is 0.382 e. The zero-order valence-electron chi connectivity index (χ0n) is 20.8. The average Bonchev–Trinajstić information content (AvgIpc) is 3.80. The lowest BCUT2D eigenvalue weighted by Gasteiger charge is -2.52. The molecule has 3 aliphatic carbocycles. The van der Waals surface area contributed by atoms with Gasteiger partial charge in [0.1, 0.15) is 11.8 Å². The Balaban J connectivity index is 1.34. The lowest BCUT2D eigenvalue weighted by atomic mass is 9.55. The number of hydrogen-bond donors (Lipinski definition) is 3. The van der Waals surface area contributed by atoms with Crippen molar-refractivity contribution in [3.63, 3.8) is 0 Å². The minimum Gasteiger partial charge on any atom is -0.382 e. The molecule has 3 aromatic heterocycles. The van der Waals surface area contributed by atoms with Gasteiger partial charge in [-0.15, -0.1) is 0 Å². The summed E-state index contributed by atoms with van der Waals surface area (Å²) >= 11 is 0. The summed E-state index contributed by atoms with van der Waals surface area (Å²) in [4.78, 5) is 17.5. The van der Waals surface area contributed by atoms with E-state index in [0.717, 1.165) is 36.9 Å². The number of anilines is 1. The Bertz CT molecular complexity index is 1610. The van der Waals surface area contributed by atoms with E-state index in [2.05, 4.69) is 20.5 Å². The average molecular weight is 538 g/mol. The maximum absolute atomic E-state index is 13.7. The molecule has 0 aliphatic heterocycles. The number of carbonyl (C=O) groups excluding carboxylic acids is 1. The highest BCUT2D eigenvalue weighted by Gasteiger charge is 2.70. The molecule has 3 saturated carbocycles. The molecule has 0 spiro atoms. The first kappa shape index (κ1) is 24.1. The Morgan fingerprint density at radius 3 is 2.54 bits per heavy atom. The minimum absolute atomic E-state index is 0.0368. The number of aromatic nitrogens is 5. The molecule has 0 bridgehead atoms. The standard InChI is InChI=1S/C27H26F3N7O2/c28-27(29,30)26(39)12-25(13-26,24(38)35-17-4-5-17)16-3-1-2-15(10-16)21-11-19(22-23(31)32-14-34-37(21)22)20-8-9-33-36(20)18-6-7-18/h1-3,8-11,14,17-18,39H,4-7,12-13H2,(H,35,38)(H2,31,32,34)/t25-,26-. The molecule has 3 aliphatic rings. The molecule has 4 N–H and O–H groups in total. The van der Waals surface area contributed by atoms with Gasteiger partial charge in [0.05, 0.1) is 22.8 Å². The van der Waals surface area contributed by atoms with Crippen molar-refractivity contribution in [2.75, 3.05) is 5.73 Å². The van der Waals surface area contributed by atoms with Gasteiger partial charge < -0.3 is 16.2 Å². The fourth-order valence-electron chi connectivity index (χ4n) is 5.78. The molecular formula is C27H26F3N7O2. The van der Waals surface area contributed by atoms with Gasteiger partial charge in [-0.3, -0.25) is 9.48 Å². The van der Waals surface area contributed by atoms with Gasteiger partial charge in [0.2, 0.25) is 5.91 Å². The monoisotopic (exact) mass is 537 g/mol. The number of nitrogens with one attached hydrogen (secondary N) is 1. The third-order valence-electron chi connectivity index (χ3n) is 8.20. The van der Waals surface area contributed by atoms with Crippen LogP contribution in [0.5, 0.6) is 0 Å². The van der Waals surface area contributed by atoms with Crippen molar-refractivity contribution >= 4 is 17.2 Å². The molecule has 9 nitrogen and oxygen atoms in total. The van der Waals surface area contributed by atoms with Crippen LogP contribution in [-0.4, -0.2) is 53.2 Å². The largest absolute Gasteiger partial charge is 0.417 e. The second-order valence-corrected chi connectivity index (χ2v) is 11.0. The van der Waals surface area contributed by atoms with Crippen LogP contribution >= 0.6 is 0 Å². The summed E-state index contributed by atoms with van der Waals surface area (Å²) in [6.07, 6.45) is 0.441. The normalized spacial score (nSPS) is 25.0. The maximum Gasteiger partial charge on any atom is 0.417 e. The number of carbonyl (C=O) groups is 1. The Morgan fingerprint density at radius 2 is 1.85 bits per heavy atom. The lowest BCUT2D eigenvalue weighted by molar-refractivity contribution is -0.301. The fraction of sp³-hybridized carbons (Fsp3) is 0.407. The lowest BCUT2D eigenvalue weighted by Crippen LogP contribution is -2.67. The Labute approximate surface area is 220 Å². The van der Waals surface area contributed by atoms with E-state index in [1.807, 2.05) is 22.9 Å². The van der Waals surface area contributed by atoms with E-state index in [-0.39, 0.29) is 11.9 Å². The van der Waals surface area contributed by atoms with Crippen LogP contribution in [-0.2, 0) is 10.2 Å². The van der Waals surface area contributed by atoms with E-state index in [1.54, 1.807) is 28.9 Å². The van der Waals surface area contributed by atoms with E-state index >= 15 is 0 Å². The Morgan fingerprint density at radius 1 is 1.08 bits per heavy atom. The Hall–Kier alpha value is -3.93. The van der Waals surface area contributed by atoms with Crippen LogP contribution in [0, 0.1) is 0 Å². The number of benzene rings is 1. The number of alkyl halides is 3. The molecule has 0 saturated heterocycles. The van der Waals surface area contributed by atoms with Crippen molar-refractivity contribution in [1.82, 2.24) is 29.7 Å². The summed E-state index contributed by atoms with van der Waals surface area (Å²) in [6, 6.07) is 11.0. The molecule has 0 atom stereocenters. The van der Waals surface area contributed by atoms with Crippen molar-refractivity contribution in [3.8, 4) is 22.5 Å². The quantitative estimate of drug-likeness (QED) is 0.344. The number of fused-ring (bicyclic) bond motifs is 1. The SMILES string of the molecule is Nc1ncnn2c(-c3cccc([C@]4(C(=O)NC5CC5)C[C@@](O)(C(F)(F)F)C4)c3)cc(-c3ccnn3C3CC3)c12. The Kier molecular flexibility index (Phi) is 4.98. The highest BCUT2D eigenvalue weighted by Crippen LogP contribution is 2.57.